The van der Waals surface area contributed by atoms with Gasteiger partial charge in [0.25, 0.3) is 0 Å². The number of aryl methyl sites for hydroxylation is 2. The lowest BCUT2D eigenvalue weighted by Gasteiger charge is -2.17. The number of nitrogens with one attached hydrogen (secondary N) is 1. The van der Waals surface area contributed by atoms with Gasteiger partial charge in [-0.3, -0.25) is 9.59 Å². The van der Waals surface area contributed by atoms with Gasteiger partial charge in [0.15, 0.2) is 10.9 Å². The zero-order valence-electron chi connectivity index (χ0n) is 16.1. The summed E-state index contributed by atoms with van der Waals surface area (Å²) in [5, 5.41) is 3.53. The first-order chi connectivity index (χ1) is 12.1. The standard InChI is InChI=1S/C19H25N3O2S2/c1-11-12(2)21-18(22-13(11)3)25-10-15(23)16-8-7-14(26-16)9-20-17(24)19(4,5)6/h7-8H,9-10H2,1-6H3,(H,20,24). The lowest BCUT2D eigenvalue weighted by molar-refractivity contribution is -0.128. The van der Waals surface area contributed by atoms with Gasteiger partial charge in [-0.15, -0.1) is 11.3 Å². The number of carbonyl (C=O) groups is 2. The van der Waals surface area contributed by atoms with Gasteiger partial charge in [-0.25, -0.2) is 9.97 Å². The molecule has 0 spiro atoms. The van der Waals surface area contributed by atoms with Crippen LogP contribution in [0.25, 0.3) is 0 Å². The third-order valence-corrected chi connectivity index (χ3v) is 5.96. The van der Waals surface area contributed by atoms with E-state index in [0.717, 1.165) is 21.8 Å². The van der Waals surface area contributed by atoms with Gasteiger partial charge in [0, 0.05) is 21.7 Å². The second-order valence-electron chi connectivity index (χ2n) is 7.21. The molecule has 1 N–H and O–H groups in total. The summed E-state index contributed by atoms with van der Waals surface area (Å²) < 4.78 is 0. The van der Waals surface area contributed by atoms with E-state index in [9.17, 15) is 9.59 Å². The fourth-order valence-corrected chi connectivity index (χ4v) is 3.86. The van der Waals surface area contributed by atoms with Crippen LogP contribution in [0.1, 0.15) is 52.3 Å². The molecular formula is C19H25N3O2S2. The fourth-order valence-electron chi connectivity index (χ4n) is 2.06. The summed E-state index contributed by atoms with van der Waals surface area (Å²) in [7, 11) is 0. The minimum absolute atomic E-state index is 0.00316. The quantitative estimate of drug-likeness (QED) is 0.456. The number of thioether (sulfide) groups is 1. The number of thiophene rings is 1. The van der Waals surface area contributed by atoms with Crippen LogP contribution in [0, 0.1) is 26.2 Å². The molecule has 2 aromatic rings. The summed E-state index contributed by atoms with van der Waals surface area (Å²) in [6.07, 6.45) is 0. The molecule has 0 saturated heterocycles. The molecule has 140 valence electrons. The largest absolute Gasteiger partial charge is 0.351 e. The Bertz CT molecular complexity index is 799. The smallest absolute Gasteiger partial charge is 0.225 e. The van der Waals surface area contributed by atoms with Crippen molar-refractivity contribution in [1.29, 1.82) is 0 Å². The second-order valence-corrected chi connectivity index (χ2v) is 9.32. The Hall–Kier alpha value is -1.73. The minimum atomic E-state index is -0.420. The first-order valence-corrected chi connectivity index (χ1v) is 10.2. The van der Waals surface area contributed by atoms with Crippen LogP contribution in [0.3, 0.4) is 0 Å². The molecule has 7 heteroatoms. The third kappa shape index (κ3) is 5.38. The number of rotatable bonds is 6. The SMILES string of the molecule is Cc1nc(SCC(=O)c2ccc(CNC(=O)C(C)(C)C)s2)nc(C)c1C. The number of aromatic nitrogens is 2. The average Bonchev–Trinajstić information content (AvgIpc) is 3.03. The van der Waals surface area contributed by atoms with Crippen molar-refractivity contribution in [2.75, 3.05) is 5.75 Å². The van der Waals surface area contributed by atoms with E-state index in [0.29, 0.717) is 22.3 Å². The maximum atomic E-state index is 12.4. The maximum Gasteiger partial charge on any atom is 0.225 e. The molecule has 2 heterocycles. The molecule has 0 bridgehead atoms. The van der Waals surface area contributed by atoms with Crippen molar-refractivity contribution in [3.63, 3.8) is 0 Å². The molecule has 5 nitrogen and oxygen atoms in total. The van der Waals surface area contributed by atoms with Gasteiger partial charge in [0.2, 0.25) is 5.91 Å². The molecule has 0 unspecified atom stereocenters. The van der Waals surface area contributed by atoms with Crippen molar-refractivity contribution < 1.29 is 9.59 Å². The van der Waals surface area contributed by atoms with Gasteiger partial charge in [-0.05, 0) is 38.5 Å². The summed E-state index contributed by atoms with van der Waals surface area (Å²) in [5.41, 5.74) is 2.55. The monoisotopic (exact) mass is 391 g/mol. The minimum Gasteiger partial charge on any atom is -0.351 e. The van der Waals surface area contributed by atoms with Gasteiger partial charge < -0.3 is 5.32 Å². The average molecular weight is 392 g/mol. The zero-order valence-corrected chi connectivity index (χ0v) is 17.7. The lowest BCUT2D eigenvalue weighted by Crippen LogP contribution is -2.34. The van der Waals surface area contributed by atoms with Gasteiger partial charge in [0.05, 0.1) is 17.2 Å². The molecule has 0 atom stereocenters. The Labute approximate surface area is 163 Å². The van der Waals surface area contributed by atoms with Gasteiger partial charge in [0.1, 0.15) is 0 Å². The normalized spacial score (nSPS) is 11.5. The van der Waals surface area contributed by atoms with Gasteiger partial charge in [-0.2, -0.15) is 0 Å². The number of Topliss-reactive ketones (excluding diaryl/α,β-unsaturated/α-hetero) is 1. The summed E-state index contributed by atoms with van der Waals surface area (Å²) in [5.74, 6) is 0.348. The number of ketones is 1. The molecule has 0 aliphatic rings. The van der Waals surface area contributed by atoms with Crippen molar-refractivity contribution in [2.45, 2.75) is 53.2 Å². The number of carbonyl (C=O) groups excluding carboxylic acids is 2. The van der Waals surface area contributed by atoms with E-state index in [1.807, 2.05) is 53.7 Å². The Morgan fingerprint density at radius 1 is 1.12 bits per heavy atom. The molecule has 2 aromatic heterocycles. The molecule has 2 rings (SSSR count). The van der Waals surface area contributed by atoms with Crippen molar-refractivity contribution >= 4 is 34.8 Å². The Balaban J connectivity index is 1.93. The highest BCUT2D eigenvalue weighted by Crippen LogP contribution is 2.22. The fraction of sp³-hybridized carbons (Fsp3) is 0.474. The Morgan fingerprint density at radius 2 is 1.73 bits per heavy atom. The molecule has 0 aliphatic heterocycles. The second kappa shape index (κ2) is 8.31. The van der Waals surface area contributed by atoms with Crippen LogP contribution in [-0.4, -0.2) is 27.4 Å². The maximum absolute atomic E-state index is 12.4. The number of amides is 1. The van der Waals surface area contributed by atoms with Crippen LogP contribution in [0.2, 0.25) is 0 Å². The van der Waals surface area contributed by atoms with Crippen LogP contribution < -0.4 is 5.32 Å². The van der Waals surface area contributed by atoms with Gasteiger partial charge in [-0.1, -0.05) is 32.5 Å². The summed E-state index contributed by atoms with van der Waals surface area (Å²) in [6.45, 7) is 12.0. The van der Waals surface area contributed by atoms with E-state index < -0.39 is 5.41 Å². The van der Waals surface area contributed by atoms with Gasteiger partial charge >= 0.3 is 0 Å². The van der Waals surface area contributed by atoms with Crippen molar-refractivity contribution in [3.8, 4) is 0 Å². The van der Waals surface area contributed by atoms with Crippen molar-refractivity contribution in [3.05, 3.63) is 38.8 Å². The van der Waals surface area contributed by atoms with Crippen molar-refractivity contribution in [2.24, 2.45) is 5.41 Å². The Morgan fingerprint density at radius 3 is 2.31 bits per heavy atom. The molecule has 26 heavy (non-hydrogen) atoms. The number of hydrogen-bond acceptors (Lipinski definition) is 6. The summed E-state index contributed by atoms with van der Waals surface area (Å²) in [4.78, 5) is 34.9. The highest BCUT2D eigenvalue weighted by Gasteiger charge is 2.21. The first-order valence-electron chi connectivity index (χ1n) is 8.43. The Kier molecular flexibility index (Phi) is 6.58. The van der Waals surface area contributed by atoms with E-state index in [4.69, 9.17) is 0 Å². The molecule has 0 aromatic carbocycles. The highest BCUT2D eigenvalue weighted by atomic mass is 32.2. The molecule has 1 amide bonds. The van der Waals surface area contributed by atoms with Crippen LogP contribution in [0.5, 0.6) is 0 Å². The van der Waals surface area contributed by atoms with Crippen LogP contribution in [0.4, 0.5) is 0 Å². The molecule has 0 radical (unpaired) electrons. The molecule has 0 fully saturated rings. The predicted octanol–water partition coefficient (Wildman–Crippen LogP) is 4.10. The van der Waals surface area contributed by atoms with Crippen molar-refractivity contribution in [1.82, 2.24) is 15.3 Å². The molecule has 0 aliphatic carbocycles. The van der Waals surface area contributed by atoms with Crippen LogP contribution in [0.15, 0.2) is 17.3 Å². The molecule has 0 saturated carbocycles. The third-order valence-electron chi connectivity index (χ3n) is 3.99. The zero-order chi connectivity index (χ0) is 19.5. The summed E-state index contributed by atoms with van der Waals surface area (Å²) in [6, 6.07) is 3.71. The van der Waals surface area contributed by atoms with E-state index in [-0.39, 0.29) is 11.7 Å². The van der Waals surface area contributed by atoms with Crippen LogP contribution >= 0.6 is 23.1 Å². The van der Waals surface area contributed by atoms with Crippen LogP contribution in [-0.2, 0) is 11.3 Å². The topological polar surface area (TPSA) is 72.0 Å². The summed E-state index contributed by atoms with van der Waals surface area (Å²) >= 11 is 2.78. The van der Waals surface area contributed by atoms with E-state index in [1.165, 1.54) is 23.1 Å². The number of nitrogens with zero attached hydrogens (tertiary/aromatic N) is 2. The predicted molar refractivity (Wildman–Crippen MR) is 107 cm³/mol. The van der Waals surface area contributed by atoms with E-state index in [1.54, 1.807) is 0 Å². The van der Waals surface area contributed by atoms with E-state index in [2.05, 4.69) is 15.3 Å². The van der Waals surface area contributed by atoms with E-state index >= 15 is 0 Å². The molecular weight excluding hydrogens is 366 g/mol. The highest BCUT2D eigenvalue weighted by molar-refractivity contribution is 7.99. The first kappa shape index (κ1) is 20.6. The number of hydrogen-bond donors (Lipinski definition) is 1. The lowest BCUT2D eigenvalue weighted by atomic mass is 9.96.